The Balaban J connectivity index is 2.62. The standard InChI is InChI=1S/C10H19N3O/c1-7-4-8(12-13-9(11)14)6-10(2,3)5-7/h7H,4-6H2,1-3H3,(H3,11,13,14)/b12-8+. The van der Waals surface area contributed by atoms with Crippen LogP contribution in [0.15, 0.2) is 5.10 Å². The van der Waals surface area contributed by atoms with Crippen molar-refractivity contribution < 1.29 is 4.79 Å². The third-order valence-corrected chi connectivity index (χ3v) is 2.49. The number of amides is 2. The lowest BCUT2D eigenvalue weighted by Crippen LogP contribution is -2.31. The molecule has 3 N–H and O–H groups in total. The summed E-state index contributed by atoms with van der Waals surface area (Å²) >= 11 is 0. The monoisotopic (exact) mass is 197 g/mol. The normalized spacial score (nSPS) is 28.8. The van der Waals surface area contributed by atoms with E-state index >= 15 is 0 Å². The largest absolute Gasteiger partial charge is 0.350 e. The molecule has 1 unspecified atom stereocenters. The third-order valence-electron chi connectivity index (χ3n) is 2.49. The molecule has 0 aromatic heterocycles. The number of nitrogens with one attached hydrogen (secondary N) is 1. The topological polar surface area (TPSA) is 67.5 Å². The number of hydrogen-bond acceptors (Lipinski definition) is 2. The Hall–Kier alpha value is -1.06. The molecule has 2 amide bonds. The minimum Gasteiger partial charge on any atom is -0.350 e. The van der Waals surface area contributed by atoms with Crippen LogP contribution in [0.5, 0.6) is 0 Å². The fourth-order valence-corrected chi connectivity index (χ4v) is 2.33. The summed E-state index contributed by atoms with van der Waals surface area (Å²) < 4.78 is 0. The molecule has 0 aliphatic heterocycles. The zero-order valence-corrected chi connectivity index (χ0v) is 9.13. The summed E-state index contributed by atoms with van der Waals surface area (Å²) in [5.41, 5.74) is 8.59. The molecular weight excluding hydrogens is 178 g/mol. The van der Waals surface area contributed by atoms with Crippen LogP contribution in [0.4, 0.5) is 4.79 Å². The summed E-state index contributed by atoms with van der Waals surface area (Å²) in [6.45, 7) is 6.66. The first kappa shape index (κ1) is 11.0. The first-order chi connectivity index (χ1) is 6.39. The summed E-state index contributed by atoms with van der Waals surface area (Å²) in [5.74, 6) is 0.632. The highest BCUT2D eigenvalue weighted by Gasteiger charge is 2.29. The van der Waals surface area contributed by atoms with Crippen LogP contribution in [0.3, 0.4) is 0 Å². The molecule has 4 heteroatoms. The van der Waals surface area contributed by atoms with Crippen molar-refractivity contribution in [1.29, 1.82) is 0 Å². The number of urea groups is 1. The van der Waals surface area contributed by atoms with Crippen molar-refractivity contribution in [3.63, 3.8) is 0 Å². The maximum atomic E-state index is 10.5. The third kappa shape index (κ3) is 3.36. The number of hydrogen-bond donors (Lipinski definition) is 2. The second-order valence-corrected chi connectivity index (χ2v) is 5.01. The molecule has 0 saturated heterocycles. The van der Waals surface area contributed by atoms with Gasteiger partial charge in [0.15, 0.2) is 0 Å². The van der Waals surface area contributed by atoms with Crippen LogP contribution in [-0.4, -0.2) is 11.7 Å². The van der Waals surface area contributed by atoms with Gasteiger partial charge in [-0.25, -0.2) is 10.2 Å². The van der Waals surface area contributed by atoms with Gasteiger partial charge in [0.2, 0.25) is 0 Å². The summed E-state index contributed by atoms with van der Waals surface area (Å²) in [5, 5.41) is 4.02. The molecule has 0 spiro atoms. The van der Waals surface area contributed by atoms with Crippen molar-refractivity contribution in [2.75, 3.05) is 0 Å². The molecule has 0 aromatic carbocycles. The van der Waals surface area contributed by atoms with Crippen LogP contribution in [0.1, 0.15) is 40.0 Å². The Morgan fingerprint density at radius 3 is 2.79 bits per heavy atom. The van der Waals surface area contributed by atoms with Gasteiger partial charge < -0.3 is 5.73 Å². The van der Waals surface area contributed by atoms with Crippen molar-refractivity contribution in [3.8, 4) is 0 Å². The average Bonchev–Trinajstić information content (AvgIpc) is 1.96. The fourth-order valence-electron chi connectivity index (χ4n) is 2.33. The molecule has 1 aliphatic carbocycles. The highest BCUT2D eigenvalue weighted by atomic mass is 16.2. The van der Waals surface area contributed by atoms with E-state index in [0.717, 1.165) is 18.6 Å². The Morgan fingerprint density at radius 2 is 2.29 bits per heavy atom. The van der Waals surface area contributed by atoms with Gasteiger partial charge in [-0.15, -0.1) is 0 Å². The highest BCUT2D eigenvalue weighted by molar-refractivity contribution is 5.87. The maximum Gasteiger partial charge on any atom is 0.332 e. The van der Waals surface area contributed by atoms with Crippen LogP contribution >= 0.6 is 0 Å². The highest BCUT2D eigenvalue weighted by Crippen LogP contribution is 2.36. The van der Waals surface area contributed by atoms with E-state index in [1.54, 1.807) is 0 Å². The number of nitrogens with zero attached hydrogens (tertiary/aromatic N) is 1. The van der Waals surface area contributed by atoms with Gasteiger partial charge in [0.05, 0.1) is 0 Å². The smallest absolute Gasteiger partial charge is 0.332 e. The zero-order chi connectivity index (χ0) is 10.8. The van der Waals surface area contributed by atoms with Crippen LogP contribution < -0.4 is 11.2 Å². The molecule has 0 aromatic rings. The lowest BCUT2D eigenvalue weighted by Gasteiger charge is -2.34. The van der Waals surface area contributed by atoms with Gasteiger partial charge in [0.1, 0.15) is 0 Å². The lowest BCUT2D eigenvalue weighted by molar-refractivity contribution is 0.247. The summed E-state index contributed by atoms with van der Waals surface area (Å²) in [6.07, 6.45) is 3.12. The van der Waals surface area contributed by atoms with Gasteiger partial charge in [-0.2, -0.15) is 5.10 Å². The van der Waals surface area contributed by atoms with Gasteiger partial charge in [0, 0.05) is 5.71 Å². The van der Waals surface area contributed by atoms with Crippen LogP contribution in [0, 0.1) is 11.3 Å². The Labute approximate surface area is 84.9 Å². The zero-order valence-electron chi connectivity index (χ0n) is 9.13. The van der Waals surface area contributed by atoms with E-state index in [-0.39, 0.29) is 5.41 Å². The predicted octanol–water partition coefficient (Wildman–Crippen LogP) is 1.86. The van der Waals surface area contributed by atoms with E-state index in [9.17, 15) is 4.79 Å². The second-order valence-electron chi connectivity index (χ2n) is 5.01. The fraction of sp³-hybridized carbons (Fsp3) is 0.800. The van der Waals surface area contributed by atoms with Crippen molar-refractivity contribution in [1.82, 2.24) is 5.43 Å². The van der Waals surface area contributed by atoms with Gasteiger partial charge in [-0.1, -0.05) is 20.8 Å². The summed E-state index contributed by atoms with van der Waals surface area (Å²) in [4.78, 5) is 10.5. The number of primary amides is 1. The second kappa shape index (κ2) is 3.98. The van der Waals surface area contributed by atoms with Crippen molar-refractivity contribution in [2.45, 2.75) is 40.0 Å². The van der Waals surface area contributed by atoms with Gasteiger partial charge in [-0.05, 0) is 30.6 Å². The predicted molar refractivity (Wildman–Crippen MR) is 57.0 cm³/mol. The lowest BCUT2D eigenvalue weighted by atomic mass is 9.72. The number of carbonyl (C=O) groups is 1. The van der Waals surface area contributed by atoms with E-state index in [2.05, 4.69) is 31.3 Å². The van der Waals surface area contributed by atoms with E-state index in [1.165, 1.54) is 6.42 Å². The number of hydrazone groups is 1. The van der Waals surface area contributed by atoms with Gasteiger partial charge >= 0.3 is 6.03 Å². The first-order valence-electron chi connectivity index (χ1n) is 5.00. The molecule has 80 valence electrons. The summed E-state index contributed by atoms with van der Waals surface area (Å²) in [6, 6.07) is -0.589. The van der Waals surface area contributed by atoms with E-state index in [4.69, 9.17) is 5.73 Å². The van der Waals surface area contributed by atoms with Gasteiger partial charge in [0.25, 0.3) is 0 Å². The molecule has 1 aliphatic rings. The van der Waals surface area contributed by atoms with Crippen molar-refractivity contribution in [3.05, 3.63) is 0 Å². The Bertz CT molecular complexity index is 258. The SMILES string of the molecule is CC1C/C(=N\NC(N)=O)CC(C)(C)C1. The van der Waals surface area contributed by atoms with E-state index in [1.807, 2.05) is 0 Å². The van der Waals surface area contributed by atoms with Gasteiger partial charge in [-0.3, -0.25) is 0 Å². The average molecular weight is 197 g/mol. The van der Waals surface area contributed by atoms with Crippen LogP contribution in [0.2, 0.25) is 0 Å². The Morgan fingerprint density at radius 1 is 1.64 bits per heavy atom. The van der Waals surface area contributed by atoms with Crippen LogP contribution in [0.25, 0.3) is 0 Å². The molecular formula is C10H19N3O. The number of nitrogens with two attached hydrogens (primary N) is 1. The molecule has 1 atom stereocenters. The minimum atomic E-state index is -0.589. The summed E-state index contributed by atoms with van der Waals surface area (Å²) in [7, 11) is 0. The van der Waals surface area contributed by atoms with Crippen molar-refractivity contribution >= 4 is 11.7 Å². The molecule has 0 radical (unpaired) electrons. The first-order valence-corrected chi connectivity index (χ1v) is 5.00. The molecule has 1 fully saturated rings. The molecule has 1 rings (SSSR count). The quantitative estimate of drug-likeness (QED) is 0.619. The maximum absolute atomic E-state index is 10.5. The minimum absolute atomic E-state index is 0.288. The van der Waals surface area contributed by atoms with E-state index < -0.39 is 6.03 Å². The molecule has 1 saturated carbocycles. The number of rotatable bonds is 1. The molecule has 0 bridgehead atoms. The molecule has 0 heterocycles. The number of carbonyl (C=O) groups excluding carboxylic acids is 1. The molecule has 14 heavy (non-hydrogen) atoms. The van der Waals surface area contributed by atoms with Crippen LogP contribution in [-0.2, 0) is 0 Å². The van der Waals surface area contributed by atoms with Crippen molar-refractivity contribution in [2.24, 2.45) is 22.2 Å². The molecule has 4 nitrogen and oxygen atoms in total. The Kier molecular flexibility index (Phi) is 3.13. The van der Waals surface area contributed by atoms with E-state index in [0.29, 0.717) is 5.92 Å².